The van der Waals surface area contributed by atoms with Gasteiger partial charge < -0.3 is 19.7 Å². The Hall–Kier alpha value is -1.24. The van der Waals surface area contributed by atoms with Gasteiger partial charge in [0.1, 0.15) is 0 Å². The predicted octanol–water partition coefficient (Wildman–Crippen LogP) is 1.22. The van der Waals surface area contributed by atoms with Crippen LogP contribution in [0.5, 0.6) is 0 Å². The molecule has 1 aromatic rings. The number of hydrogen-bond donors (Lipinski definition) is 1. The first-order chi connectivity index (χ1) is 10.3. The lowest BCUT2D eigenvalue weighted by molar-refractivity contribution is 0.0770. The second-order valence-electron chi connectivity index (χ2n) is 5.44. The molecule has 2 rings (SSSR count). The fourth-order valence-electron chi connectivity index (χ4n) is 2.11. The maximum atomic E-state index is 5.50. The summed E-state index contributed by atoms with van der Waals surface area (Å²) in [5.74, 6) is 0.799. The summed E-state index contributed by atoms with van der Waals surface area (Å²) < 4.78 is 10.8. The van der Waals surface area contributed by atoms with Crippen molar-refractivity contribution in [2.75, 3.05) is 44.4 Å². The van der Waals surface area contributed by atoms with Gasteiger partial charge in [0.2, 0.25) is 5.95 Å². The minimum absolute atomic E-state index is 0.311. The Morgan fingerprint density at radius 2 is 2.00 bits per heavy atom. The van der Waals surface area contributed by atoms with E-state index in [2.05, 4.69) is 34.0 Å². The standard InChI is InChI=1S/C15H26N4O2/c1-13(2)21-7-3-4-16-10-14-11-17-15(18-12-14)19-5-8-20-9-6-19/h11-13,16H,3-10H2,1-2H3. The molecule has 0 unspecified atom stereocenters. The highest BCUT2D eigenvalue weighted by Crippen LogP contribution is 2.09. The topological polar surface area (TPSA) is 59.5 Å². The summed E-state index contributed by atoms with van der Waals surface area (Å²) in [5.41, 5.74) is 1.11. The van der Waals surface area contributed by atoms with Crippen molar-refractivity contribution in [2.24, 2.45) is 0 Å². The van der Waals surface area contributed by atoms with Crippen LogP contribution in [0.3, 0.4) is 0 Å². The molecule has 2 heterocycles. The molecular formula is C15H26N4O2. The highest BCUT2D eigenvalue weighted by Gasteiger charge is 2.13. The van der Waals surface area contributed by atoms with Crippen LogP contribution < -0.4 is 10.2 Å². The van der Waals surface area contributed by atoms with E-state index in [-0.39, 0.29) is 0 Å². The highest BCUT2D eigenvalue weighted by molar-refractivity contribution is 5.30. The van der Waals surface area contributed by atoms with E-state index in [9.17, 15) is 0 Å². The molecule has 0 atom stereocenters. The van der Waals surface area contributed by atoms with Gasteiger partial charge >= 0.3 is 0 Å². The van der Waals surface area contributed by atoms with E-state index in [1.165, 1.54) is 0 Å². The Bertz CT molecular complexity index is 391. The van der Waals surface area contributed by atoms with Crippen molar-refractivity contribution < 1.29 is 9.47 Å². The molecule has 0 radical (unpaired) electrons. The minimum atomic E-state index is 0.311. The van der Waals surface area contributed by atoms with Gasteiger partial charge in [-0.2, -0.15) is 0 Å². The van der Waals surface area contributed by atoms with Crippen molar-refractivity contribution in [2.45, 2.75) is 32.9 Å². The number of morpholine rings is 1. The van der Waals surface area contributed by atoms with Gasteiger partial charge in [0, 0.05) is 44.2 Å². The van der Waals surface area contributed by atoms with Crippen LogP contribution >= 0.6 is 0 Å². The lowest BCUT2D eigenvalue weighted by atomic mass is 10.3. The van der Waals surface area contributed by atoms with E-state index in [0.717, 1.165) is 63.9 Å². The quantitative estimate of drug-likeness (QED) is 0.728. The molecule has 0 aromatic carbocycles. The van der Waals surface area contributed by atoms with Crippen molar-refractivity contribution in [1.82, 2.24) is 15.3 Å². The first-order valence-electron chi connectivity index (χ1n) is 7.71. The molecule has 6 heteroatoms. The lowest BCUT2D eigenvalue weighted by Crippen LogP contribution is -2.37. The molecule has 1 saturated heterocycles. The molecule has 1 N–H and O–H groups in total. The summed E-state index contributed by atoms with van der Waals surface area (Å²) >= 11 is 0. The first kappa shape index (κ1) is 16.1. The first-order valence-corrected chi connectivity index (χ1v) is 7.71. The Morgan fingerprint density at radius 3 is 2.67 bits per heavy atom. The van der Waals surface area contributed by atoms with Crippen LogP contribution in [0.1, 0.15) is 25.8 Å². The molecule has 1 fully saturated rings. The summed E-state index contributed by atoms with van der Waals surface area (Å²) in [4.78, 5) is 11.0. The number of hydrogen-bond acceptors (Lipinski definition) is 6. The fourth-order valence-corrected chi connectivity index (χ4v) is 2.11. The molecule has 6 nitrogen and oxygen atoms in total. The summed E-state index contributed by atoms with van der Waals surface area (Å²) in [6, 6.07) is 0. The molecule has 1 aliphatic heterocycles. The van der Waals surface area contributed by atoms with Gasteiger partial charge in [-0.1, -0.05) is 0 Å². The third kappa shape index (κ3) is 5.95. The monoisotopic (exact) mass is 294 g/mol. The third-order valence-corrected chi connectivity index (χ3v) is 3.26. The van der Waals surface area contributed by atoms with Crippen molar-refractivity contribution in [3.63, 3.8) is 0 Å². The van der Waals surface area contributed by atoms with Gasteiger partial charge in [-0.05, 0) is 26.8 Å². The number of aromatic nitrogens is 2. The largest absolute Gasteiger partial charge is 0.379 e. The Kier molecular flexibility index (Phi) is 6.85. The van der Waals surface area contributed by atoms with E-state index in [1.807, 2.05) is 12.4 Å². The molecule has 0 amide bonds. The summed E-state index contributed by atoms with van der Waals surface area (Å²) in [5, 5.41) is 3.38. The van der Waals surface area contributed by atoms with Gasteiger partial charge in [0.25, 0.3) is 0 Å². The second kappa shape index (κ2) is 8.92. The molecule has 0 spiro atoms. The smallest absolute Gasteiger partial charge is 0.225 e. The van der Waals surface area contributed by atoms with Gasteiger partial charge in [-0.25, -0.2) is 9.97 Å². The Balaban J connectivity index is 1.65. The summed E-state index contributed by atoms with van der Waals surface area (Å²) in [6.45, 7) is 9.90. The zero-order chi connectivity index (χ0) is 14.9. The van der Waals surface area contributed by atoms with Crippen LogP contribution in [0.4, 0.5) is 5.95 Å². The van der Waals surface area contributed by atoms with Crippen LogP contribution in [-0.2, 0) is 16.0 Å². The number of anilines is 1. The molecule has 0 saturated carbocycles. The maximum Gasteiger partial charge on any atom is 0.225 e. The van der Waals surface area contributed by atoms with E-state index in [1.54, 1.807) is 0 Å². The van der Waals surface area contributed by atoms with Gasteiger partial charge in [-0.15, -0.1) is 0 Å². The van der Waals surface area contributed by atoms with Gasteiger partial charge in [0.15, 0.2) is 0 Å². The van der Waals surface area contributed by atoms with E-state index in [0.29, 0.717) is 6.10 Å². The van der Waals surface area contributed by atoms with Crippen molar-refractivity contribution in [3.8, 4) is 0 Å². The molecule has 1 aromatic heterocycles. The number of nitrogens with zero attached hydrogens (tertiary/aromatic N) is 3. The van der Waals surface area contributed by atoms with Gasteiger partial charge in [-0.3, -0.25) is 0 Å². The zero-order valence-corrected chi connectivity index (χ0v) is 13.0. The minimum Gasteiger partial charge on any atom is -0.379 e. The van der Waals surface area contributed by atoms with Crippen molar-refractivity contribution in [1.29, 1.82) is 0 Å². The lowest BCUT2D eigenvalue weighted by Gasteiger charge is -2.26. The average molecular weight is 294 g/mol. The zero-order valence-electron chi connectivity index (χ0n) is 13.0. The third-order valence-electron chi connectivity index (χ3n) is 3.26. The van der Waals surface area contributed by atoms with Crippen LogP contribution in [-0.4, -0.2) is 55.5 Å². The maximum absolute atomic E-state index is 5.50. The average Bonchev–Trinajstić information content (AvgIpc) is 2.52. The van der Waals surface area contributed by atoms with Crippen molar-refractivity contribution >= 4 is 5.95 Å². The second-order valence-corrected chi connectivity index (χ2v) is 5.44. The Morgan fingerprint density at radius 1 is 1.29 bits per heavy atom. The molecule has 1 aliphatic rings. The molecule has 0 bridgehead atoms. The SMILES string of the molecule is CC(C)OCCCNCc1cnc(N2CCOCC2)nc1. The highest BCUT2D eigenvalue weighted by atomic mass is 16.5. The van der Waals surface area contributed by atoms with Crippen LogP contribution in [0, 0.1) is 0 Å². The predicted molar refractivity (Wildman–Crippen MR) is 82.5 cm³/mol. The van der Waals surface area contributed by atoms with E-state index >= 15 is 0 Å². The number of rotatable bonds is 8. The summed E-state index contributed by atoms with van der Waals surface area (Å²) in [6.07, 6.45) is 5.13. The van der Waals surface area contributed by atoms with Gasteiger partial charge in [0.05, 0.1) is 19.3 Å². The normalized spacial score (nSPS) is 15.7. The van der Waals surface area contributed by atoms with E-state index in [4.69, 9.17) is 9.47 Å². The fraction of sp³-hybridized carbons (Fsp3) is 0.733. The summed E-state index contributed by atoms with van der Waals surface area (Å²) in [7, 11) is 0. The van der Waals surface area contributed by atoms with Crippen LogP contribution in [0.2, 0.25) is 0 Å². The molecule has 21 heavy (non-hydrogen) atoms. The van der Waals surface area contributed by atoms with E-state index < -0.39 is 0 Å². The van der Waals surface area contributed by atoms with Crippen molar-refractivity contribution in [3.05, 3.63) is 18.0 Å². The molecule has 0 aliphatic carbocycles. The number of ether oxygens (including phenoxy) is 2. The molecule has 118 valence electrons. The molecular weight excluding hydrogens is 268 g/mol. The Labute approximate surface area is 126 Å². The van der Waals surface area contributed by atoms with Crippen LogP contribution in [0.15, 0.2) is 12.4 Å². The number of nitrogens with one attached hydrogen (secondary N) is 1. The van der Waals surface area contributed by atoms with Crippen LogP contribution in [0.25, 0.3) is 0 Å².